The van der Waals surface area contributed by atoms with Crippen molar-refractivity contribution >= 4 is 51.2 Å². The molecule has 0 fully saturated rings. The predicted octanol–water partition coefficient (Wildman–Crippen LogP) is 3.53. The van der Waals surface area contributed by atoms with Crippen molar-refractivity contribution in [1.29, 1.82) is 0 Å². The third-order valence-electron chi connectivity index (χ3n) is 2.87. The number of aromatic hydroxyl groups is 1. The first kappa shape index (κ1) is 18.0. The summed E-state index contributed by atoms with van der Waals surface area (Å²) in [6, 6.07) is 9.48. The number of nitrogens with one attached hydrogen (secondary N) is 2. The molecule has 0 aliphatic carbocycles. The van der Waals surface area contributed by atoms with Gasteiger partial charge in [-0.1, -0.05) is 17.7 Å². The minimum atomic E-state index is -0.459. The quantitative estimate of drug-likeness (QED) is 0.532. The molecule has 2 amide bonds. The van der Waals surface area contributed by atoms with Gasteiger partial charge in [0.15, 0.2) is 0 Å². The standard InChI is InChI=1S/C16H13BrClN3O3/c1-9(22)20-13-4-2-3-10(6-13)16(24)21-19-8-11-5-12(18)7-14(17)15(11)23/h2-8,23H,1H3,(H,20,22)(H,21,24)/b19-8-. The Hall–Kier alpha value is -2.38. The van der Waals surface area contributed by atoms with Crippen molar-refractivity contribution in [1.82, 2.24) is 5.43 Å². The van der Waals surface area contributed by atoms with Gasteiger partial charge in [-0.3, -0.25) is 9.59 Å². The van der Waals surface area contributed by atoms with Gasteiger partial charge in [0.2, 0.25) is 5.91 Å². The summed E-state index contributed by atoms with van der Waals surface area (Å²) >= 11 is 9.06. The summed E-state index contributed by atoms with van der Waals surface area (Å²) in [5.41, 5.74) is 3.53. The zero-order chi connectivity index (χ0) is 17.7. The molecule has 124 valence electrons. The van der Waals surface area contributed by atoms with Crippen molar-refractivity contribution in [3.63, 3.8) is 0 Å². The Labute approximate surface area is 151 Å². The third-order valence-corrected chi connectivity index (χ3v) is 3.70. The first-order valence-corrected chi connectivity index (χ1v) is 7.93. The van der Waals surface area contributed by atoms with Gasteiger partial charge in [0.05, 0.1) is 10.7 Å². The lowest BCUT2D eigenvalue weighted by Gasteiger charge is -2.05. The lowest BCUT2D eigenvalue weighted by molar-refractivity contribution is -0.114. The second-order valence-electron chi connectivity index (χ2n) is 4.79. The fraction of sp³-hybridized carbons (Fsp3) is 0.0625. The maximum atomic E-state index is 12.1. The molecule has 2 aromatic rings. The van der Waals surface area contributed by atoms with Gasteiger partial charge >= 0.3 is 0 Å². The summed E-state index contributed by atoms with van der Waals surface area (Å²) < 4.78 is 0.422. The van der Waals surface area contributed by atoms with Crippen molar-refractivity contribution in [2.75, 3.05) is 5.32 Å². The van der Waals surface area contributed by atoms with Crippen LogP contribution >= 0.6 is 27.5 Å². The Morgan fingerprint density at radius 2 is 2.04 bits per heavy atom. The molecule has 0 bridgehead atoms. The summed E-state index contributed by atoms with van der Waals surface area (Å²) in [6.07, 6.45) is 1.28. The fourth-order valence-corrected chi connectivity index (χ4v) is 2.68. The van der Waals surface area contributed by atoms with Crippen LogP contribution in [0.5, 0.6) is 5.75 Å². The van der Waals surface area contributed by atoms with Crippen LogP contribution in [0.3, 0.4) is 0 Å². The molecule has 0 aromatic heterocycles. The number of benzene rings is 2. The van der Waals surface area contributed by atoms with E-state index in [1.807, 2.05) is 0 Å². The van der Waals surface area contributed by atoms with Crippen LogP contribution in [0.25, 0.3) is 0 Å². The van der Waals surface area contributed by atoms with Crippen LogP contribution in [-0.4, -0.2) is 23.1 Å². The fourth-order valence-electron chi connectivity index (χ4n) is 1.85. The van der Waals surface area contributed by atoms with E-state index in [0.717, 1.165) is 0 Å². The number of hydrogen-bond acceptors (Lipinski definition) is 4. The van der Waals surface area contributed by atoms with E-state index in [-0.39, 0.29) is 11.7 Å². The molecule has 0 saturated heterocycles. The van der Waals surface area contributed by atoms with Crippen molar-refractivity contribution in [2.45, 2.75) is 6.92 Å². The summed E-state index contributed by atoms with van der Waals surface area (Å²) in [5, 5.41) is 16.7. The summed E-state index contributed by atoms with van der Waals surface area (Å²) in [5.74, 6) is -0.725. The average Bonchev–Trinajstić information content (AvgIpc) is 2.51. The molecular weight excluding hydrogens is 398 g/mol. The van der Waals surface area contributed by atoms with Crippen LogP contribution in [-0.2, 0) is 4.79 Å². The van der Waals surface area contributed by atoms with Gasteiger partial charge in [-0.2, -0.15) is 5.10 Å². The van der Waals surface area contributed by atoms with Crippen molar-refractivity contribution in [3.05, 3.63) is 57.0 Å². The van der Waals surface area contributed by atoms with Gasteiger partial charge in [-0.05, 0) is 46.3 Å². The number of hydrazone groups is 1. The Morgan fingerprint density at radius 1 is 1.29 bits per heavy atom. The number of halogens is 2. The van der Waals surface area contributed by atoms with E-state index in [2.05, 4.69) is 31.8 Å². The van der Waals surface area contributed by atoms with E-state index in [0.29, 0.717) is 26.3 Å². The molecule has 0 heterocycles. The number of amides is 2. The molecule has 0 aliphatic rings. The number of anilines is 1. The minimum Gasteiger partial charge on any atom is -0.506 e. The summed E-state index contributed by atoms with van der Waals surface area (Å²) in [6.45, 7) is 1.38. The number of rotatable bonds is 4. The van der Waals surface area contributed by atoms with E-state index in [9.17, 15) is 14.7 Å². The highest BCUT2D eigenvalue weighted by Crippen LogP contribution is 2.30. The lowest BCUT2D eigenvalue weighted by Crippen LogP contribution is -2.18. The molecule has 2 aromatic carbocycles. The van der Waals surface area contributed by atoms with Gasteiger partial charge in [0.1, 0.15) is 5.75 Å². The van der Waals surface area contributed by atoms with Crippen LogP contribution in [0.15, 0.2) is 46.0 Å². The highest BCUT2D eigenvalue weighted by Gasteiger charge is 2.07. The first-order chi connectivity index (χ1) is 11.4. The van der Waals surface area contributed by atoms with Crippen molar-refractivity contribution < 1.29 is 14.7 Å². The molecule has 0 saturated carbocycles. The predicted molar refractivity (Wildman–Crippen MR) is 96.6 cm³/mol. The zero-order valence-electron chi connectivity index (χ0n) is 12.5. The summed E-state index contributed by atoms with van der Waals surface area (Å²) in [4.78, 5) is 23.1. The smallest absolute Gasteiger partial charge is 0.271 e. The minimum absolute atomic E-state index is 0.0370. The average molecular weight is 411 g/mol. The molecule has 0 aliphatic heterocycles. The van der Waals surface area contributed by atoms with E-state index in [1.165, 1.54) is 25.3 Å². The lowest BCUT2D eigenvalue weighted by atomic mass is 10.2. The van der Waals surface area contributed by atoms with Crippen molar-refractivity contribution in [3.8, 4) is 5.75 Å². The molecule has 0 unspecified atom stereocenters. The maximum absolute atomic E-state index is 12.1. The molecule has 0 radical (unpaired) electrons. The second-order valence-corrected chi connectivity index (χ2v) is 6.08. The monoisotopic (exact) mass is 409 g/mol. The molecule has 6 nitrogen and oxygen atoms in total. The number of carbonyl (C=O) groups excluding carboxylic acids is 2. The van der Waals surface area contributed by atoms with Gasteiger partial charge in [-0.25, -0.2) is 5.43 Å². The van der Waals surface area contributed by atoms with Gasteiger partial charge in [0.25, 0.3) is 5.91 Å². The molecule has 24 heavy (non-hydrogen) atoms. The molecule has 2 rings (SSSR count). The van der Waals surface area contributed by atoms with Crippen LogP contribution in [0.1, 0.15) is 22.8 Å². The number of carbonyl (C=O) groups is 2. The molecule has 3 N–H and O–H groups in total. The normalized spacial score (nSPS) is 10.6. The molecule has 0 atom stereocenters. The molecular formula is C16H13BrClN3O3. The zero-order valence-corrected chi connectivity index (χ0v) is 14.9. The van der Waals surface area contributed by atoms with E-state index in [1.54, 1.807) is 24.3 Å². The molecule has 8 heteroatoms. The SMILES string of the molecule is CC(=O)Nc1cccc(C(=O)N/N=C\c2cc(Cl)cc(Br)c2O)c1. The van der Waals surface area contributed by atoms with E-state index in [4.69, 9.17) is 11.6 Å². The first-order valence-electron chi connectivity index (χ1n) is 6.76. The van der Waals surface area contributed by atoms with Gasteiger partial charge in [0, 0.05) is 28.8 Å². The topological polar surface area (TPSA) is 90.8 Å². The second kappa shape index (κ2) is 7.94. The largest absolute Gasteiger partial charge is 0.506 e. The molecule has 0 spiro atoms. The Morgan fingerprint density at radius 3 is 2.75 bits per heavy atom. The number of nitrogens with zero attached hydrogens (tertiary/aromatic N) is 1. The highest BCUT2D eigenvalue weighted by atomic mass is 79.9. The van der Waals surface area contributed by atoms with Gasteiger partial charge in [-0.15, -0.1) is 0 Å². The van der Waals surface area contributed by atoms with Crippen LogP contribution in [0, 0.1) is 0 Å². The van der Waals surface area contributed by atoms with Crippen LogP contribution in [0.4, 0.5) is 5.69 Å². The van der Waals surface area contributed by atoms with E-state index >= 15 is 0 Å². The van der Waals surface area contributed by atoms with Crippen molar-refractivity contribution in [2.24, 2.45) is 5.10 Å². The Balaban J connectivity index is 2.09. The number of phenols is 1. The Kier molecular flexibility index (Phi) is 5.94. The highest BCUT2D eigenvalue weighted by molar-refractivity contribution is 9.10. The van der Waals surface area contributed by atoms with Crippen LogP contribution in [0.2, 0.25) is 5.02 Å². The maximum Gasteiger partial charge on any atom is 0.271 e. The van der Waals surface area contributed by atoms with Crippen LogP contribution < -0.4 is 10.7 Å². The Bertz CT molecular complexity index is 824. The van der Waals surface area contributed by atoms with E-state index < -0.39 is 5.91 Å². The third kappa shape index (κ3) is 4.81. The summed E-state index contributed by atoms with van der Waals surface area (Å²) in [7, 11) is 0. The number of hydrogen-bond donors (Lipinski definition) is 3. The van der Waals surface area contributed by atoms with Gasteiger partial charge < -0.3 is 10.4 Å². The number of phenolic OH excluding ortho intramolecular Hbond substituents is 1.